The van der Waals surface area contributed by atoms with Crippen LogP contribution in [0.3, 0.4) is 0 Å². The second kappa shape index (κ2) is 6.73. The summed E-state index contributed by atoms with van der Waals surface area (Å²) in [7, 11) is 1.60. The van der Waals surface area contributed by atoms with Gasteiger partial charge in [0.2, 0.25) is 0 Å². The summed E-state index contributed by atoms with van der Waals surface area (Å²) in [6.45, 7) is 2.46. The molecule has 0 aliphatic carbocycles. The molecule has 2 N–H and O–H groups in total. The van der Waals surface area contributed by atoms with Crippen molar-refractivity contribution in [2.75, 3.05) is 13.7 Å². The molecule has 0 spiro atoms. The average Bonchev–Trinajstić information content (AvgIpc) is 2.48. The van der Waals surface area contributed by atoms with Gasteiger partial charge in [0.05, 0.1) is 26.5 Å². The maximum absolute atomic E-state index is 12.0. The van der Waals surface area contributed by atoms with Crippen LogP contribution >= 0.6 is 0 Å². The highest BCUT2D eigenvalue weighted by Gasteiger charge is 2.05. The summed E-state index contributed by atoms with van der Waals surface area (Å²) in [4.78, 5) is 16.1. The van der Waals surface area contributed by atoms with Crippen LogP contribution in [0.2, 0.25) is 0 Å². The number of benzene rings is 1. The monoisotopic (exact) mass is 283 g/mol. The molecule has 2 aromatic rings. The fourth-order valence-corrected chi connectivity index (χ4v) is 1.91. The lowest BCUT2D eigenvalue weighted by Gasteiger charge is -2.09. The molecule has 0 saturated carbocycles. The molecule has 0 aliphatic heterocycles. The van der Waals surface area contributed by atoms with E-state index in [4.69, 9.17) is 10.5 Å². The van der Waals surface area contributed by atoms with Crippen molar-refractivity contribution in [3.05, 3.63) is 57.8 Å². The normalized spacial score (nSPS) is 9.86. The SMILES string of the molecule is COc1ccc(C#CCN)c(Cn2cnc(C)cc2=O)c1. The summed E-state index contributed by atoms with van der Waals surface area (Å²) >= 11 is 0. The van der Waals surface area contributed by atoms with Crippen molar-refractivity contribution >= 4 is 0 Å². The lowest BCUT2D eigenvalue weighted by molar-refractivity contribution is 0.414. The number of nitrogens with zero attached hydrogens (tertiary/aromatic N) is 2. The quantitative estimate of drug-likeness (QED) is 0.850. The van der Waals surface area contributed by atoms with Gasteiger partial charge in [0.25, 0.3) is 5.56 Å². The van der Waals surface area contributed by atoms with E-state index in [1.807, 2.05) is 18.2 Å². The van der Waals surface area contributed by atoms with Crippen molar-refractivity contribution in [1.29, 1.82) is 0 Å². The first-order valence-corrected chi connectivity index (χ1v) is 6.53. The molecule has 108 valence electrons. The third kappa shape index (κ3) is 3.71. The van der Waals surface area contributed by atoms with Gasteiger partial charge >= 0.3 is 0 Å². The van der Waals surface area contributed by atoms with E-state index in [0.29, 0.717) is 12.2 Å². The Balaban J connectivity index is 2.43. The summed E-state index contributed by atoms with van der Waals surface area (Å²) in [6.07, 6.45) is 1.54. The predicted octanol–water partition coefficient (Wildman–Crippen LogP) is 0.919. The van der Waals surface area contributed by atoms with Crippen LogP contribution in [0.4, 0.5) is 0 Å². The minimum absolute atomic E-state index is 0.0944. The second-order valence-electron chi connectivity index (χ2n) is 4.53. The molecule has 1 heterocycles. The highest BCUT2D eigenvalue weighted by molar-refractivity contribution is 5.45. The molecule has 0 aliphatic rings. The van der Waals surface area contributed by atoms with Gasteiger partial charge in [-0.3, -0.25) is 9.36 Å². The zero-order valence-electron chi connectivity index (χ0n) is 12.1. The molecule has 1 aromatic carbocycles. The smallest absolute Gasteiger partial charge is 0.253 e. The Morgan fingerprint density at radius 1 is 1.38 bits per heavy atom. The third-order valence-electron chi connectivity index (χ3n) is 2.99. The first kappa shape index (κ1) is 14.8. The Kier molecular flexibility index (Phi) is 4.75. The standard InChI is InChI=1S/C16H17N3O2/c1-12-8-16(20)19(11-18-12)10-14-9-15(21-2)6-5-13(14)4-3-7-17/h5-6,8-9,11H,7,10,17H2,1-2H3. The van der Waals surface area contributed by atoms with Gasteiger partial charge in [-0.05, 0) is 30.7 Å². The number of ether oxygens (including phenoxy) is 1. The predicted molar refractivity (Wildman–Crippen MR) is 81.3 cm³/mol. The minimum Gasteiger partial charge on any atom is -0.497 e. The van der Waals surface area contributed by atoms with Gasteiger partial charge in [-0.15, -0.1) is 0 Å². The van der Waals surface area contributed by atoms with Crippen LogP contribution in [0.5, 0.6) is 5.75 Å². The molecular formula is C16H17N3O2. The van der Waals surface area contributed by atoms with E-state index >= 15 is 0 Å². The fourth-order valence-electron chi connectivity index (χ4n) is 1.91. The summed E-state index contributed by atoms with van der Waals surface area (Å²) < 4.78 is 6.76. The first-order chi connectivity index (χ1) is 10.1. The van der Waals surface area contributed by atoms with Crippen molar-refractivity contribution in [3.63, 3.8) is 0 Å². The van der Waals surface area contributed by atoms with Crippen LogP contribution in [-0.2, 0) is 6.54 Å². The molecule has 0 amide bonds. The Morgan fingerprint density at radius 3 is 2.86 bits per heavy atom. The third-order valence-corrected chi connectivity index (χ3v) is 2.99. The largest absolute Gasteiger partial charge is 0.497 e. The lowest BCUT2D eigenvalue weighted by atomic mass is 10.1. The molecule has 0 radical (unpaired) electrons. The van der Waals surface area contributed by atoms with Crippen molar-refractivity contribution < 1.29 is 4.74 Å². The molecule has 0 unspecified atom stereocenters. The maximum Gasteiger partial charge on any atom is 0.253 e. The Hall–Kier alpha value is -2.58. The Labute approximate surface area is 123 Å². The molecule has 1 aromatic heterocycles. The Morgan fingerprint density at radius 2 is 2.19 bits per heavy atom. The van der Waals surface area contributed by atoms with Crippen molar-refractivity contribution in [2.45, 2.75) is 13.5 Å². The van der Waals surface area contributed by atoms with Crippen molar-refractivity contribution in [2.24, 2.45) is 5.73 Å². The molecule has 0 bridgehead atoms. The number of nitrogens with two attached hydrogens (primary N) is 1. The molecule has 21 heavy (non-hydrogen) atoms. The van der Waals surface area contributed by atoms with Gasteiger partial charge in [-0.25, -0.2) is 4.98 Å². The Bertz CT molecular complexity index is 754. The number of rotatable bonds is 3. The van der Waals surface area contributed by atoms with E-state index in [2.05, 4.69) is 16.8 Å². The van der Waals surface area contributed by atoms with Crippen LogP contribution < -0.4 is 16.0 Å². The highest BCUT2D eigenvalue weighted by Crippen LogP contribution is 2.17. The zero-order chi connectivity index (χ0) is 15.2. The minimum atomic E-state index is -0.0944. The molecule has 0 saturated heterocycles. The van der Waals surface area contributed by atoms with Gasteiger partial charge in [0.15, 0.2) is 0 Å². The number of hydrogen-bond acceptors (Lipinski definition) is 4. The maximum atomic E-state index is 12.0. The van der Waals surface area contributed by atoms with E-state index in [-0.39, 0.29) is 12.1 Å². The molecule has 5 nitrogen and oxygen atoms in total. The van der Waals surface area contributed by atoms with Crippen LogP contribution in [0.15, 0.2) is 35.4 Å². The number of methoxy groups -OCH3 is 1. The summed E-state index contributed by atoms with van der Waals surface area (Å²) in [5.74, 6) is 6.55. The highest BCUT2D eigenvalue weighted by atomic mass is 16.5. The van der Waals surface area contributed by atoms with Crippen LogP contribution in [-0.4, -0.2) is 23.2 Å². The van der Waals surface area contributed by atoms with Gasteiger partial charge in [-0.1, -0.05) is 11.8 Å². The van der Waals surface area contributed by atoms with Crippen LogP contribution in [0, 0.1) is 18.8 Å². The zero-order valence-corrected chi connectivity index (χ0v) is 12.1. The van der Waals surface area contributed by atoms with Crippen molar-refractivity contribution in [1.82, 2.24) is 9.55 Å². The van der Waals surface area contributed by atoms with Gasteiger partial charge in [0, 0.05) is 17.3 Å². The molecule has 0 atom stereocenters. The van der Waals surface area contributed by atoms with Gasteiger partial charge in [-0.2, -0.15) is 0 Å². The van der Waals surface area contributed by atoms with E-state index in [1.165, 1.54) is 17.0 Å². The number of aromatic nitrogens is 2. The number of hydrogen-bond donors (Lipinski definition) is 1. The molecule has 0 fully saturated rings. The first-order valence-electron chi connectivity index (χ1n) is 6.53. The van der Waals surface area contributed by atoms with E-state index in [1.54, 1.807) is 14.0 Å². The van der Waals surface area contributed by atoms with Crippen molar-refractivity contribution in [3.8, 4) is 17.6 Å². The van der Waals surface area contributed by atoms with E-state index in [0.717, 1.165) is 16.9 Å². The average molecular weight is 283 g/mol. The molecule has 5 heteroatoms. The van der Waals surface area contributed by atoms with E-state index < -0.39 is 0 Å². The van der Waals surface area contributed by atoms with Crippen LogP contribution in [0.1, 0.15) is 16.8 Å². The van der Waals surface area contributed by atoms with Gasteiger partial charge in [0.1, 0.15) is 5.75 Å². The van der Waals surface area contributed by atoms with E-state index in [9.17, 15) is 4.79 Å². The fraction of sp³-hybridized carbons (Fsp3) is 0.250. The topological polar surface area (TPSA) is 70.1 Å². The number of aryl methyl sites for hydroxylation is 1. The summed E-state index contributed by atoms with van der Waals surface area (Å²) in [6, 6.07) is 7.07. The summed E-state index contributed by atoms with van der Waals surface area (Å²) in [5.41, 5.74) is 7.74. The van der Waals surface area contributed by atoms with Gasteiger partial charge < -0.3 is 10.5 Å². The molecule has 2 rings (SSSR count). The second-order valence-corrected chi connectivity index (χ2v) is 4.53. The van der Waals surface area contributed by atoms with Crippen LogP contribution in [0.25, 0.3) is 0 Å². The lowest BCUT2D eigenvalue weighted by Crippen LogP contribution is -2.21. The molecular weight excluding hydrogens is 266 g/mol. The summed E-state index contributed by atoms with van der Waals surface area (Å²) in [5, 5.41) is 0.